The van der Waals surface area contributed by atoms with Crippen molar-refractivity contribution in [2.45, 2.75) is 32.7 Å². The molecule has 1 aromatic heterocycles. The zero-order valence-corrected chi connectivity index (χ0v) is 17.0. The van der Waals surface area contributed by atoms with Crippen molar-refractivity contribution in [3.05, 3.63) is 93.7 Å². The molecule has 4 rings (SSSR count). The van der Waals surface area contributed by atoms with Crippen molar-refractivity contribution in [1.82, 2.24) is 4.90 Å². The number of carboxylic acid groups (broad SMARTS) is 1. The Morgan fingerprint density at radius 3 is 2.66 bits per heavy atom. The zero-order valence-electron chi connectivity index (χ0n) is 16.1. The van der Waals surface area contributed by atoms with E-state index in [0.717, 1.165) is 36.5 Å². The smallest absolute Gasteiger partial charge is 0.307 e. The molecule has 0 unspecified atom stereocenters. The van der Waals surface area contributed by atoms with Crippen LogP contribution in [-0.2, 0) is 31.0 Å². The minimum Gasteiger partial charge on any atom is -0.489 e. The van der Waals surface area contributed by atoms with E-state index >= 15 is 0 Å². The highest BCUT2D eigenvalue weighted by Gasteiger charge is 2.19. The van der Waals surface area contributed by atoms with Gasteiger partial charge in [-0.2, -0.15) is 0 Å². The molecular formula is C24H23NO3S. The van der Waals surface area contributed by atoms with Crippen LogP contribution < -0.4 is 4.74 Å². The summed E-state index contributed by atoms with van der Waals surface area (Å²) in [6.07, 6.45) is -0.0580. The van der Waals surface area contributed by atoms with Gasteiger partial charge in [-0.05, 0) is 51.4 Å². The van der Waals surface area contributed by atoms with Crippen LogP contribution >= 0.6 is 11.3 Å². The van der Waals surface area contributed by atoms with E-state index < -0.39 is 5.97 Å². The van der Waals surface area contributed by atoms with Gasteiger partial charge >= 0.3 is 5.97 Å². The summed E-state index contributed by atoms with van der Waals surface area (Å²) in [4.78, 5) is 14.7. The largest absolute Gasteiger partial charge is 0.489 e. The lowest BCUT2D eigenvalue weighted by Gasteiger charge is -2.16. The molecule has 0 radical (unpaired) electrons. The fourth-order valence-corrected chi connectivity index (χ4v) is 4.51. The molecule has 1 N–H and O–H groups in total. The fourth-order valence-electron chi connectivity index (χ4n) is 3.57. The van der Waals surface area contributed by atoms with Crippen LogP contribution in [0.15, 0.2) is 66.6 Å². The van der Waals surface area contributed by atoms with E-state index in [0.29, 0.717) is 12.2 Å². The molecule has 5 heteroatoms. The summed E-state index contributed by atoms with van der Waals surface area (Å²) in [5.41, 5.74) is 5.30. The minimum absolute atomic E-state index is 0.0580. The third-order valence-corrected chi connectivity index (χ3v) is 5.98. The van der Waals surface area contributed by atoms with E-state index in [1.807, 2.05) is 35.6 Å². The van der Waals surface area contributed by atoms with E-state index in [9.17, 15) is 4.79 Å². The quantitative estimate of drug-likeness (QED) is 0.550. The number of hydrogen-bond donors (Lipinski definition) is 1. The first kappa shape index (κ1) is 19.4. The first-order valence-corrected chi connectivity index (χ1v) is 10.4. The second-order valence-corrected chi connectivity index (χ2v) is 8.32. The number of thiophene rings is 1. The van der Waals surface area contributed by atoms with Crippen molar-refractivity contribution in [3.8, 4) is 5.75 Å². The molecule has 0 aliphatic carbocycles. The monoisotopic (exact) mass is 405 g/mol. The third-order valence-electron chi connectivity index (χ3n) is 5.03. The molecule has 148 valence electrons. The van der Waals surface area contributed by atoms with Crippen LogP contribution in [0, 0.1) is 0 Å². The standard InChI is InChI=1S/C24H23NO3S/c1-17(11-24(26)27)20-5-7-22(8-6-20)28-16-19-4-2-3-18(12-19)13-25-14-21-9-10-29-23(21)15-25/h2-10,12H,1,11,13-16H2,(H,26,27). The summed E-state index contributed by atoms with van der Waals surface area (Å²) in [5.74, 6) is -0.119. The number of fused-ring (bicyclic) bond motifs is 1. The highest BCUT2D eigenvalue weighted by molar-refractivity contribution is 7.10. The Hall–Kier alpha value is -2.89. The maximum atomic E-state index is 10.8. The zero-order chi connectivity index (χ0) is 20.2. The number of benzene rings is 2. The van der Waals surface area contributed by atoms with Crippen molar-refractivity contribution in [2.75, 3.05) is 0 Å². The number of ether oxygens (including phenoxy) is 1. The van der Waals surface area contributed by atoms with Gasteiger partial charge in [0.15, 0.2) is 0 Å². The van der Waals surface area contributed by atoms with Crippen LogP contribution in [0.5, 0.6) is 5.75 Å². The van der Waals surface area contributed by atoms with Crippen molar-refractivity contribution < 1.29 is 14.6 Å². The van der Waals surface area contributed by atoms with E-state index in [2.05, 4.69) is 47.2 Å². The Balaban J connectivity index is 1.32. The number of carbonyl (C=O) groups is 1. The van der Waals surface area contributed by atoms with Crippen LogP contribution in [0.2, 0.25) is 0 Å². The molecule has 2 heterocycles. The van der Waals surface area contributed by atoms with Crippen molar-refractivity contribution in [3.63, 3.8) is 0 Å². The molecule has 1 aliphatic heterocycles. The van der Waals surface area contributed by atoms with Crippen LogP contribution in [-0.4, -0.2) is 16.0 Å². The van der Waals surface area contributed by atoms with Gasteiger partial charge in [0.2, 0.25) is 0 Å². The van der Waals surface area contributed by atoms with Crippen molar-refractivity contribution >= 4 is 22.9 Å². The number of rotatable bonds is 8. The summed E-state index contributed by atoms with van der Waals surface area (Å²) < 4.78 is 5.91. The van der Waals surface area contributed by atoms with E-state index in [1.54, 1.807) is 0 Å². The molecule has 0 bridgehead atoms. The van der Waals surface area contributed by atoms with Crippen LogP contribution in [0.25, 0.3) is 5.57 Å². The molecule has 4 nitrogen and oxygen atoms in total. The average Bonchev–Trinajstić information content (AvgIpc) is 3.28. The lowest BCUT2D eigenvalue weighted by atomic mass is 10.0. The molecule has 0 amide bonds. The average molecular weight is 406 g/mol. The van der Waals surface area contributed by atoms with E-state index in [-0.39, 0.29) is 6.42 Å². The lowest BCUT2D eigenvalue weighted by Crippen LogP contribution is -2.15. The van der Waals surface area contributed by atoms with Gasteiger partial charge in [-0.15, -0.1) is 11.3 Å². The van der Waals surface area contributed by atoms with Crippen molar-refractivity contribution in [1.29, 1.82) is 0 Å². The molecule has 0 atom stereocenters. The van der Waals surface area contributed by atoms with Crippen LogP contribution in [0.1, 0.15) is 33.6 Å². The minimum atomic E-state index is -0.875. The summed E-state index contributed by atoms with van der Waals surface area (Å²) in [6.45, 7) is 7.32. The SMILES string of the molecule is C=C(CC(=O)O)c1ccc(OCc2cccc(CN3Cc4ccsc4C3)c2)cc1. The summed E-state index contributed by atoms with van der Waals surface area (Å²) in [7, 11) is 0. The molecule has 0 saturated carbocycles. The normalized spacial score (nSPS) is 13.2. The molecule has 2 aromatic carbocycles. The summed E-state index contributed by atoms with van der Waals surface area (Å²) in [6, 6.07) is 18.2. The predicted molar refractivity (Wildman–Crippen MR) is 116 cm³/mol. The van der Waals surface area contributed by atoms with Crippen LogP contribution in [0.3, 0.4) is 0 Å². The van der Waals surface area contributed by atoms with Gasteiger partial charge in [0, 0.05) is 24.5 Å². The summed E-state index contributed by atoms with van der Waals surface area (Å²) >= 11 is 1.84. The number of aliphatic carboxylic acids is 1. The Morgan fingerprint density at radius 2 is 1.90 bits per heavy atom. The van der Waals surface area contributed by atoms with Crippen molar-refractivity contribution in [2.24, 2.45) is 0 Å². The second-order valence-electron chi connectivity index (χ2n) is 7.32. The molecule has 29 heavy (non-hydrogen) atoms. The number of hydrogen-bond acceptors (Lipinski definition) is 4. The first-order valence-electron chi connectivity index (χ1n) is 9.55. The van der Waals surface area contributed by atoms with Gasteiger partial charge in [0.25, 0.3) is 0 Å². The molecule has 0 fully saturated rings. The molecular weight excluding hydrogens is 382 g/mol. The third kappa shape index (κ3) is 4.94. The maximum Gasteiger partial charge on any atom is 0.307 e. The molecule has 0 spiro atoms. The Labute approximate surface area is 174 Å². The molecule has 1 aliphatic rings. The lowest BCUT2D eigenvalue weighted by molar-refractivity contribution is -0.135. The first-order chi connectivity index (χ1) is 14.1. The van der Waals surface area contributed by atoms with Gasteiger partial charge in [-0.25, -0.2) is 0 Å². The number of nitrogens with zero attached hydrogens (tertiary/aromatic N) is 1. The fraction of sp³-hybridized carbons (Fsp3) is 0.208. The topological polar surface area (TPSA) is 49.8 Å². The predicted octanol–water partition coefficient (Wildman–Crippen LogP) is 5.33. The maximum absolute atomic E-state index is 10.8. The van der Waals surface area contributed by atoms with Gasteiger partial charge in [-0.1, -0.05) is 43.0 Å². The molecule has 0 saturated heterocycles. The van der Waals surface area contributed by atoms with Gasteiger partial charge in [0.05, 0.1) is 6.42 Å². The summed E-state index contributed by atoms with van der Waals surface area (Å²) in [5, 5.41) is 11.0. The van der Waals surface area contributed by atoms with Gasteiger partial charge < -0.3 is 9.84 Å². The number of carboxylic acids is 1. The Morgan fingerprint density at radius 1 is 1.10 bits per heavy atom. The Bertz CT molecular complexity index is 1000. The highest BCUT2D eigenvalue weighted by atomic mass is 32.1. The highest BCUT2D eigenvalue weighted by Crippen LogP contribution is 2.28. The van der Waals surface area contributed by atoms with Gasteiger partial charge in [0.1, 0.15) is 12.4 Å². The Kier molecular flexibility index (Phi) is 5.79. The van der Waals surface area contributed by atoms with Gasteiger partial charge in [-0.3, -0.25) is 9.69 Å². The van der Waals surface area contributed by atoms with Crippen LogP contribution in [0.4, 0.5) is 0 Å². The second kappa shape index (κ2) is 8.64. The van der Waals surface area contributed by atoms with E-state index in [4.69, 9.17) is 9.84 Å². The molecule has 3 aromatic rings. The van der Waals surface area contributed by atoms with E-state index in [1.165, 1.54) is 16.0 Å².